The van der Waals surface area contributed by atoms with Crippen LogP contribution in [0.1, 0.15) is 32.1 Å². The van der Waals surface area contributed by atoms with Crippen LogP contribution in [0.25, 0.3) is 0 Å². The highest BCUT2D eigenvalue weighted by molar-refractivity contribution is 7.98. The van der Waals surface area contributed by atoms with Crippen LogP contribution >= 0.6 is 11.8 Å². The molecular weight excluding hydrogens is 190 g/mol. The third-order valence-electron chi connectivity index (χ3n) is 2.76. The summed E-state index contributed by atoms with van der Waals surface area (Å²) >= 11 is 1.95. The summed E-state index contributed by atoms with van der Waals surface area (Å²) in [6.07, 6.45) is 13.5. The molecule has 82 valence electrons. The lowest BCUT2D eigenvalue weighted by Gasteiger charge is -2.17. The van der Waals surface area contributed by atoms with Crippen LogP contribution in [0.2, 0.25) is 0 Å². The second kappa shape index (κ2) is 8.37. The van der Waals surface area contributed by atoms with Crippen LogP contribution in [0.15, 0.2) is 12.2 Å². The molecular formula is C12H23NS. The van der Waals surface area contributed by atoms with E-state index in [1.807, 2.05) is 11.8 Å². The summed E-state index contributed by atoms with van der Waals surface area (Å²) in [5.41, 5.74) is 0. The Morgan fingerprint density at radius 1 is 1.36 bits per heavy atom. The van der Waals surface area contributed by atoms with E-state index in [-0.39, 0.29) is 0 Å². The zero-order valence-corrected chi connectivity index (χ0v) is 10.1. The molecule has 1 atom stereocenters. The fourth-order valence-corrected chi connectivity index (χ4v) is 2.34. The summed E-state index contributed by atoms with van der Waals surface area (Å²) in [5.74, 6) is 2.22. The van der Waals surface area contributed by atoms with E-state index in [1.165, 1.54) is 50.9 Å². The van der Waals surface area contributed by atoms with E-state index in [0.717, 1.165) is 5.92 Å². The highest BCUT2D eigenvalue weighted by Crippen LogP contribution is 2.16. The van der Waals surface area contributed by atoms with Crippen molar-refractivity contribution in [3.05, 3.63) is 12.2 Å². The standard InChI is InChI=1S/C12H23NS/c1-14-10-6-5-9-13-11-12-7-3-2-4-8-12/h2-3,12-13H,4-11H2,1H3. The van der Waals surface area contributed by atoms with Crippen LogP contribution in [0.3, 0.4) is 0 Å². The van der Waals surface area contributed by atoms with Crippen molar-refractivity contribution >= 4 is 11.8 Å². The summed E-state index contributed by atoms with van der Waals surface area (Å²) in [6.45, 7) is 2.43. The quantitative estimate of drug-likeness (QED) is 0.515. The highest BCUT2D eigenvalue weighted by atomic mass is 32.2. The smallest absolute Gasteiger partial charge is 0.00174 e. The molecule has 0 fully saturated rings. The van der Waals surface area contributed by atoms with Crippen LogP contribution in [-0.4, -0.2) is 25.1 Å². The van der Waals surface area contributed by atoms with Crippen LogP contribution in [0.4, 0.5) is 0 Å². The van der Waals surface area contributed by atoms with Crippen molar-refractivity contribution in [2.45, 2.75) is 32.1 Å². The average molecular weight is 213 g/mol. The first-order valence-electron chi connectivity index (χ1n) is 5.78. The maximum Gasteiger partial charge on any atom is -0.00174 e. The minimum Gasteiger partial charge on any atom is -0.316 e. The van der Waals surface area contributed by atoms with Gasteiger partial charge in [-0.05, 0) is 63.1 Å². The zero-order chi connectivity index (χ0) is 10.1. The van der Waals surface area contributed by atoms with Gasteiger partial charge < -0.3 is 5.32 Å². The molecule has 1 rings (SSSR count). The number of allylic oxidation sites excluding steroid dienone is 2. The third kappa shape index (κ3) is 5.71. The fraction of sp³-hybridized carbons (Fsp3) is 0.833. The van der Waals surface area contributed by atoms with Crippen molar-refractivity contribution in [1.82, 2.24) is 5.32 Å². The molecule has 1 nitrogen and oxygen atoms in total. The molecule has 0 saturated heterocycles. The second-order valence-electron chi connectivity index (χ2n) is 4.05. The summed E-state index contributed by atoms with van der Waals surface area (Å²) < 4.78 is 0. The molecule has 1 N–H and O–H groups in total. The van der Waals surface area contributed by atoms with E-state index in [4.69, 9.17) is 0 Å². The molecule has 0 aliphatic heterocycles. The fourth-order valence-electron chi connectivity index (χ4n) is 1.84. The molecule has 2 heteroatoms. The molecule has 0 heterocycles. The summed E-state index contributed by atoms with van der Waals surface area (Å²) in [4.78, 5) is 0. The topological polar surface area (TPSA) is 12.0 Å². The van der Waals surface area contributed by atoms with Crippen LogP contribution in [0, 0.1) is 5.92 Å². The number of unbranched alkanes of at least 4 members (excludes halogenated alkanes) is 1. The van der Waals surface area contributed by atoms with E-state index in [9.17, 15) is 0 Å². The van der Waals surface area contributed by atoms with Gasteiger partial charge in [-0.2, -0.15) is 11.8 Å². The lowest BCUT2D eigenvalue weighted by Crippen LogP contribution is -2.24. The van der Waals surface area contributed by atoms with Crippen molar-refractivity contribution in [3.63, 3.8) is 0 Å². The van der Waals surface area contributed by atoms with Crippen LogP contribution < -0.4 is 5.32 Å². The van der Waals surface area contributed by atoms with Gasteiger partial charge in [0.1, 0.15) is 0 Å². The molecule has 1 unspecified atom stereocenters. The Kier molecular flexibility index (Phi) is 7.24. The maximum absolute atomic E-state index is 3.57. The van der Waals surface area contributed by atoms with Crippen molar-refractivity contribution in [2.24, 2.45) is 5.92 Å². The molecule has 0 aromatic carbocycles. The van der Waals surface area contributed by atoms with E-state index < -0.39 is 0 Å². The lowest BCUT2D eigenvalue weighted by molar-refractivity contribution is 0.439. The predicted molar refractivity (Wildman–Crippen MR) is 67.0 cm³/mol. The number of rotatable bonds is 7. The number of thioether (sulfide) groups is 1. The van der Waals surface area contributed by atoms with Crippen molar-refractivity contribution in [2.75, 3.05) is 25.1 Å². The van der Waals surface area contributed by atoms with E-state index >= 15 is 0 Å². The Morgan fingerprint density at radius 2 is 2.29 bits per heavy atom. The van der Waals surface area contributed by atoms with E-state index in [1.54, 1.807) is 0 Å². The van der Waals surface area contributed by atoms with Gasteiger partial charge >= 0.3 is 0 Å². The normalized spacial score (nSPS) is 21.4. The number of hydrogen-bond acceptors (Lipinski definition) is 2. The van der Waals surface area contributed by atoms with Gasteiger partial charge in [-0.3, -0.25) is 0 Å². The van der Waals surface area contributed by atoms with Gasteiger partial charge in [0.25, 0.3) is 0 Å². The molecule has 0 spiro atoms. The summed E-state index contributed by atoms with van der Waals surface area (Å²) in [7, 11) is 0. The van der Waals surface area contributed by atoms with Crippen molar-refractivity contribution in [1.29, 1.82) is 0 Å². The first-order chi connectivity index (χ1) is 6.93. The lowest BCUT2D eigenvalue weighted by atomic mass is 9.94. The minimum atomic E-state index is 0.903. The molecule has 0 bridgehead atoms. The third-order valence-corrected chi connectivity index (χ3v) is 3.46. The van der Waals surface area contributed by atoms with Gasteiger partial charge in [0.05, 0.1) is 0 Å². The summed E-state index contributed by atoms with van der Waals surface area (Å²) in [5, 5.41) is 3.57. The van der Waals surface area contributed by atoms with Crippen LogP contribution in [-0.2, 0) is 0 Å². The molecule has 0 radical (unpaired) electrons. The van der Waals surface area contributed by atoms with Gasteiger partial charge in [0.15, 0.2) is 0 Å². The van der Waals surface area contributed by atoms with Gasteiger partial charge in [0, 0.05) is 0 Å². The van der Waals surface area contributed by atoms with Gasteiger partial charge in [-0.1, -0.05) is 12.2 Å². The Balaban J connectivity index is 1.86. The number of nitrogens with one attached hydrogen (secondary N) is 1. The van der Waals surface area contributed by atoms with Crippen LogP contribution in [0.5, 0.6) is 0 Å². The minimum absolute atomic E-state index is 0.903. The van der Waals surface area contributed by atoms with Gasteiger partial charge in [-0.15, -0.1) is 0 Å². The Bertz CT molecular complexity index is 156. The Hall–Kier alpha value is 0.0500. The summed E-state index contributed by atoms with van der Waals surface area (Å²) in [6, 6.07) is 0. The SMILES string of the molecule is CSCCCCNCC1CC=CCC1. The Morgan fingerprint density at radius 3 is 3.00 bits per heavy atom. The molecule has 0 amide bonds. The molecule has 0 aromatic heterocycles. The average Bonchev–Trinajstić information content (AvgIpc) is 2.25. The molecule has 14 heavy (non-hydrogen) atoms. The van der Waals surface area contributed by atoms with Gasteiger partial charge in [0.2, 0.25) is 0 Å². The molecule has 0 saturated carbocycles. The maximum atomic E-state index is 3.57. The highest BCUT2D eigenvalue weighted by Gasteiger charge is 2.08. The van der Waals surface area contributed by atoms with E-state index in [2.05, 4.69) is 23.7 Å². The molecule has 1 aliphatic rings. The van der Waals surface area contributed by atoms with Crippen molar-refractivity contribution < 1.29 is 0 Å². The molecule has 0 aromatic rings. The largest absolute Gasteiger partial charge is 0.316 e. The second-order valence-corrected chi connectivity index (χ2v) is 5.04. The number of hydrogen-bond donors (Lipinski definition) is 1. The van der Waals surface area contributed by atoms with Crippen molar-refractivity contribution in [3.8, 4) is 0 Å². The monoisotopic (exact) mass is 213 g/mol. The first kappa shape index (κ1) is 12.1. The Labute approximate surface area is 92.7 Å². The van der Waals surface area contributed by atoms with Gasteiger partial charge in [-0.25, -0.2) is 0 Å². The molecule has 1 aliphatic carbocycles. The first-order valence-corrected chi connectivity index (χ1v) is 7.17. The predicted octanol–water partition coefficient (Wildman–Crippen LogP) is 3.08. The van der Waals surface area contributed by atoms with E-state index in [0.29, 0.717) is 0 Å². The zero-order valence-electron chi connectivity index (χ0n) is 9.30.